The Hall–Kier alpha value is -1.58. The maximum atomic E-state index is 13.6. The van der Waals surface area contributed by atoms with E-state index in [1.807, 2.05) is 0 Å². The Morgan fingerprint density at radius 2 is 2.15 bits per heavy atom. The SMILES string of the molecule is N=C(N)C1CN(S(=O)(=O)c2cc(F)ccc2F)CCO1. The molecule has 0 amide bonds. The first kappa shape index (κ1) is 14.8. The van der Waals surface area contributed by atoms with Crippen LogP contribution in [0.4, 0.5) is 8.78 Å². The quantitative estimate of drug-likeness (QED) is 0.619. The smallest absolute Gasteiger partial charge is 0.246 e. The van der Waals surface area contributed by atoms with Crippen molar-refractivity contribution in [1.29, 1.82) is 5.41 Å². The molecule has 0 aliphatic carbocycles. The van der Waals surface area contributed by atoms with E-state index in [-0.39, 0.29) is 25.5 Å². The Labute approximate surface area is 114 Å². The number of ether oxygens (including phenoxy) is 1. The highest BCUT2D eigenvalue weighted by Gasteiger charge is 2.33. The summed E-state index contributed by atoms with van der Waals surface area (Å²) in [6, 6.07) is 2.22. The number of hydrogen-bond donors (Lipinski definition) is 2. The van der Waals surface area contributed by atoms with Crippen LogP contribution >= 0.6 is 0 Å². The van der Waals surface area contributed by atoms with E-state index >= 15 is 0 Å². The fourth-order valence-corrected chi connectivity index (χ4v) is 3.35. The van der Waals surface area contributed by atoms with Gasteiger partial charge < -0.3 is 10.5 Å². The number of nitrogens with zero attached hydrogens (tertiary/aromatic N) is 1. The summed E-state index contributed by atoms with van der Waals surface area (Å²) in [6.45, 7) is -0.184. The average Bonchev–Trinajstić information content (AvgIpc) is 2.41. The van der Waals surface area contributed by atoms with Crippen molar-refractivity contribution in [3.63, 3.8) is 0 Å². The van der Waals surface area contributed by atoms with Crippen LogP contribution < -0.4 is 5.73 Å². The van der Waals surface area contributed by atoms with Gasteiger partial charge in [-0.05, 0) is 18.2 Å². The van der Waals surface area contributed by atoms with Gasteiger partial charge in [-0.3, -0.25) is 5.41 Å². The van der Waals surface area contributed by atoms with Crippen LogP contribution in [0.25, 0.3) is 0 Å². The molecule has 110 valence electrons. The van der Waals surface area contributed by atoms with E-state index in [1.54, 1.807) is 0 Å². The van der Waals surface area contributed by atoms with Crippen molar-refractivity contribution in [3.05, 3.63) is 29.8 Å². The van der Waals surface area contributed by atoms with E-state index in [4.69, 9.17) is 15.9 Å². The van der Waals surface area contributed by atoms with Crippen molar-refractivity contribution in [1.82, 2.24) is 4.31 Å². The van der Waals surface area contributed by atoms with E-state index < -0.39 is 32.7 Å². The zero-order valence-corrected chi connectivity index (χ0v) is 11.2. The van der Waals surface area contributed by atoms with Crippen molar-refractivity contribution < 1.29 is 21.9 Å². The number of benzene rings is 1. The Kier molecular flexibility index (Phi) is 4.02. The molecule has 9 heteroatoms. The van der Waals surface area contributed by atoms with Gasteiger partial charge in [0.25, 0.3) is 0 Å². The van der Waals surface area contributed by atoms with Gasteiger partial charge in [0.2, 0.25) is 10.0 Å². The van der Waals surface area contributed by atoms with Gasteiger partial charge in [-0.1, -0.05) is 0 Å². The number of halogens is 2. The van der Waals surface area contributed by atoms with Gasteiger partial charge >= 0.3 is 0 Å². The van der Waals surface area contributed by atoms with Crippen LogP contribution in [0.15, 0.2) is 23.1 Å². The first-order valence-electron chi connectivity index (χ1n) is 5.73. The van der Waals surface area contributed by atoms with Crippen LogP contribution in [0.1, 0.15) is 0 Å². The summed E-state index contributed by atoms with van der Waals surface area (Å²) in [4.78, 5) is -0.735. The third-order valence-electron chi connectivity index (χ3n) is 2.89. The van der Waals surface area contributed by atoms with E-state index in [0.717, 1.165) is 16.4 Å². The molecule has 1 aliphatic rings. The molecule has 2 rings (SSSR count). The molecule has 20 heavy (non-hydrogen) atoms. The monoisotopic (exact) mass is 305 g/mol. The summed E-state index contributed by atoms with van der Waals surface area (Å²) in [5.41, 5.74) is 5.27. The lowest BCUT2D eigenvalue weighted by Crippen LogP contribution is -2.50. The number of sulfonamides is 1. The van der Waals surface area contributed by atoms with E-state index in [2.05, 4.69) is 0 Å². The highest BCUT2D eigenvalue weighted by Crippen LogP contribution is 2.22. The summed E-state index contributed by atoms with van der Waals surface area (Å²) in [5, 5.41) is 7.26. The lowest BCUT2D eigenvalue weighted by atomic mass is 10.3. The molecule has 6 nitrogen and oxygen atoms in total. The van der Waals surface area contributed by atoms with Gasteiger partial charge in [-0.25, -0.2) is 17.2 Å². The molecular formula is C11H13F2N3O3S. The minimum absolute atomic E-state index is 0.0118. The molecule has 0 aromatic heterocycles. The van der Waals surface area contributed by atoms with Crippen LogP contribution in [-0.2, 0) is 14.8 Å². The van der Waals surface area contributed by atoms with Gasteiger partial charge in [0, 0.05) is 13.1 Å². The van der Waals surface area contributed by atoms with E-state index in [1.165, 1.54) is 0 Å². The number of morpholine rings is 1. The number of amidine groups is 1. The minimum Gasteiger partial charge on any atom is -0.385 e. The Morgan fingerprint density at radius 3 is 2.80 bits per heavy atom. The molecule has 1 aromatic carbocycles. The number of nitrogens with one attached hydrogen (secondary N) is 1. The molecule has 1 saturated heterocycles. The van der Waals surface area contributed by atoms with Crippen LogP contribution in [0.3, 0.4) is 0 Å². The zero-order chi connectivity index (χ0) is 14.9. The second-order valence-electron chi connectivity index (χ2n) is 4.25. The van der Waals surface area contributed by atoms with Crippen molar-refractivity contribution >= 4 is 15.9 Å². The van der Waals surface area contributed by atoms with Crippen LogP contribution in [0.5, 0.6) is 0 Å². The van der Waals surface area contributed by atoms with E-state index in [0.29, 0.717) is 6.07 Å². The summed E-state index contributed by atoms with van der Waals surface area (Å²) in [7, 11) is -4.20. The lowest BCUT2D eigenvalue weighted by molar-refractivity contribution is 0.0367. The molecule has 1 atom stereocenters. The second kappa shape index (κ2) is 5.43. The fraction of sp³-hybridized carbons (Fsp3) is 0.364. The topological polar surface area (TPSA) is 96.5 Å². The maximum absolute atomic E-state index is 13.6. The summed E-state index contributed by atoms with van der Waals surface area (Å²) < 4.78 is 57.4. The Bertz CT molecular complexity index is 636. The van der Waals surface area contributed by atoms with Crippen LogP contribution in [-0.4, -0.2) is 44.4 Å². The van der Waals surface area contributed by atoms with Crippen molar-refractivity contribution in [2.75, 3.05) is 19.7 Å². The average molecular weight is 305 g/mol. The summed E-state index contributed by atoms with van der Waals surface area (Å²) >= 11 is 0. The Balaban J connectivity index is 2.35. The van der Waals surface area contributed by atoms with Crippen molar-refractivity contribution in [2.24, 2.45) is 5.73 Å². The zero-order valence-electron chi connectivity index (χ0n) is 10.3. The van der Waals surface area contributed by atoms with Gasteiger partial charge in [0.15, 0.2) is 0 Å². The molecule has 0 radical (unpaired) electrons. The second-order valence-corrected chi connectivity index (χ2v) is 6.16. The summed E-state index contributed by atoms with van der Waals surface area (Å²) in [5.74, 6) is -2.19. The van der Waals surface area contributed by atoms with Gasteiger partial charge in [0.1, 0.15) is 28.5 Å². The van der Waals surface area contributed by atoms with Crippen LogP contribution in [0.2, 0.25) is 0 Å². The molecule has 1 aromatic rings. The van der Waals surface area contributed by atoms with E-state index in [9.17, 15) is 17.2 Å². The normalized spacial score (nSPS) is 20.8. The highest BCUT2D eigenvalue weighted by molar-refractivity contribution is 7.89. The molecule has 0 spiro atoms. The van der Waals surface area contributed by atoms with Gasteiger partial charge in [0.05, 0.1) is 6.61 Å². The first-order valence-corrected chi connectivity index (χ1v) is 7.17. The van der Waals surface area contributed by atoms with Crippen molar-refractivity contribution in [2.45, 2.75) is 11.0 Å². The fourth-order valence-electron chi connectivity index (χ4n) is 1.85. The molecule has 1 fully saturated rings. The third kappa shape index (κ3) is 2.79. The lowest BCUT2D eigenvalue weighted by Gasteiger charge is -2.31. The minimum atomic E-state index is -4.20. The Morgan fingerprint density at radius 1 is 1.45 bits per heavy atom. The van der Waals surface area contributed by atoms with Gasteiger partial charge in [-0.15, -0.1) is 0 Å². The van der Waals surface area contributed by atoms with Gasteiger partial charge in [-0.2, -0.15) is 4.31 Å². The standard InChI is InChI=1S/C11H13F2N3O3S/c12-7-1-2-8(13)10(5-7)20(17,18)16-3-4-19-9(6-16)11(14)15/h1-2,5,9H,3-4,6H2,(H3,14,15). The third-order valence-corrected chi connectivity index (χ3v) is 4.77. The first-order chi connectivity index (χ1) is 9.32. The number of rotatable bonds is 3. The highest BCUT2D eigenvalue weighted by atomic mass is 32.2. The van der Waals surface area contributed by atoms with Crippen LogP contribution in [0, 0.1) is 17.0 Å². The largest absolute Gasteiger partial charge is 0.385 e. The molecule has 1 aliphatic heterocycles. The molecule has 1 heterocycles. The maximum Gasteiger partial charge on any atom is 0.246 e. The molecule has 0 saturated carbocycles. The van der Waals surface area contributed by atoms with Crippen molar-refractivity contribution in [3.8, 4) is 0 Å². The molecule has 1 unspecified atom stereocenters. The molecule has 3 N–H and O–H groups in total. The summed E-state index contributed by atoms with van der Waals surface area (Å²) in [6.07, 6.45) is -0.879. The number of nitrogens with two attached hydrogens (primary N) is 1. The predicted molar refractivity (Wildman–Crippen MR) is 66.8 cm³/mol. The predicted octanol–water partition coefficient (Wildman–Crippen LogP) is 0.290. The molecular weight excluding hydrogens is 292 g/mol. The molecule has 0 bridgehead atoms. The number of hydrogen-bond acceptors (Lipinski definition) is 4.